The Hall–Kier alpha value is -3.86. The van der Waals surface area contributed by atoms with Crippen molar-refractivity contribution in [3.05, 3.63) is 108 Å². The first-order valence-electron chi connectivity index (χ1n) is 8.98. The van der Waals surface area contributed by atoms with Crippen molar-refractivity contribution in [2.24, 2.45) is 0 Å². The van der Waals surface area contributed by atoms with Crippen LogP contribution >= 0.6 is 0 Å². The average Bonchev–Trinajstić information content (AvgIpc) is 3.16. The summed E-state index contributed by atoms with van der Waals surface area (Å²) in [7, 11) is 0. The smallest absolute Gasteiger partial charge is 0.260 e. The quantitative estimate of drug-likeness (QED) is 0.522. The minimum atomic E-state index is -0.249. The summed E-state index contributed by atoms with van der Waals surface area (Å²) >= 11 is 0. The van der Waals surface area contributed by atoms with Gasteiger partial charge >= 0.3 is 0 Å². The van der Waals surface area contributed by atoms with Crippen molar-refractivity contribution < 1.29 is 9.53 Å². The molecule has 0 saturated heterocycles. The number of hydrogen-bond donors (Lipinski definition) is 1. The van der Waals surface area contributed by atoms with Gasteiger partial charge in [0, 0.05) is 6.07 Å². The Balaban J connectivity index is 1.53. The van der Waals surface area contributed by atoms with Gasteiger partial charge in [-0.15, -0.1) is 0 Å². The largest absolute Gasteiger partial charge is 0.457 e. The number of amides is 1. The number of nitrogens with one attached hydrogen (secondary N) is 1. The predicted octanol–water partition coefficient (Wildman–Crippen LogP) is 4.98. The number of ether oxygens (including phenoxy) is 1. The van der Waals surface area contributed by atoms with Gasteiger partial charge in [0.1, 0.15) is 17.3 Å². The summed E-state index contributed by atoms with van der Waals surface area (Å²) in [6.07, 6.45) is 1.67. The van der Waals surface area contributed by atoms with Crippen molar-refractivity contribution in [2.75, 3.05) is 5.32 Å². The first-order chi connectivity index (χ1) is 13.8. The molecule has 138 valence electrons. The molecule has 0 saturated carbocycles. The highest BCUT2D eigenvalue weighted by atomic mass is 16.5. The lowest BCUT2D eigenvalue weighted by molar-refractivity contribution is 0.102. The van der Waals surface area contributed by atoms with Crippen LogP contribution in [0.3, 0.4) is 0 Å². The Bertz CT molecular complexity index is 1060. The van der Waals surface area contributed by atoms with E-state index in [0.717, 1.165) is 5.56 Å². The summed E-state index contributed by atoms with van der Waals surface area (Å²) < 4.78 is 7.65. The zero-order valence-electron chi connectivity index (χ0n) is 15.2. The Kier molecular flexibility index (Phi) is 5.15. The number of anilines is 1. The first kappa shape index (κ1) is 17.5. The molecule has 0 unspecified atom stereocenters. The van der Waals surface area contributed by atoms with Crippen LogP contribution in [0.4, 0.5) is 5.82 Å². The van der Waals surface area contributed by atoms with E-state index in [-0.39, 0.29) is 5.91 Å². The second kappa shape index (κ2) is 8.22. The van der Waals surface area contributed by atoms with Crippen LogP contribution in [0, 0.1) is 0 Å². The molecule has 5 nitrogen and oxygen atoms in total. The summed E-state index contributed by atoms with van der Waals surface area (Å²) in [6.45, 7) is 0.575. The lowest BCUT2D eigenvalue weighted by Gasteiger charge is -2.12. The average molecular weight is 369 g/mol. The second-order valence-corrected chi connectivity index (χ2v) is 6.23. The predicted molar refractivity (Wildman–Crippen MR) is 109 cm³/mol. The van der Waals surface area contributed by atoms with Gasteiger partial charge < -0.3 is 10.1 Å². The fourth-order valence-electron chi connectivity index (χ4n) is 2.86. The summed E-state index contributed by atoms with van der Waals surface area (Å²) in [6, 6.07) is 28.3. The maximum absolute atomic E-state index is 12.9. The maximum Gasteiger partial charge on any atom is 0.260 e. The molecule has 0 aliphatic carbocycles. The van der Waals surface area contributed by atoms with Crippen molar-refractivity contribution in [3.63, 3.8) is 0 Å². The number of rotatable bonds is 6. The molecule has 1 aromatic heterocycles. The normalized spacial score (nSPS) is 10.4. The van der Waals surface area contributed by atoms with Crippen LogP contribution in [0.1, 0.15) is 15.9 Å². The standard InChI is InChI=1S/C23H19N3O2/c27-23(20-13-7-8-14-21(20)28-19-11-5-2-6-12-19)25-22-15-16-24-26(22)17-18-9-3-1-4-10-18/h1-16H,17H2,(H,25,27). The van der Waals surface area contributed by atoms with Crippen molar-refractivity contribution in [1.29, 1.82) is 0 Å². The lowest BCUT2D eigenvalue weighted by atomic mass is 10.2. The van der Waals surface area contributed by atoms with Crippen molar-refractivity contribution >= 4 is 11.7 Å². The third-order valence-electron chi connectivity index (χ3n) is 4.24. The highest BCUT2D eigenvalue weighted by Crippen LogP contribution is 2.26. The van der Waals surface area contributed by atoms with Gasteiger partial charge in [0.05, 0.1) is 18.3 Å². The minimum Gasteiger partial charge on any atom is -0.457 e. The van der Waals surface area contributed by atoms with E-state index in [1.165, 1.54) is 0 Å². The van der Waals surface area contributed by atoms with Gasteiger partial charge in [-0.2, -0.15) is 5.10 Å². The molecule has 0 atom stereocenters. The first-order valence-corrected chi connectivity index (χ1v) is 8.98. The molecule has 0 bridgehead atoms. The Morgan fingerprint density at radius 2 is 1.54 bits per heavy atom. The molecule has 3 aromatic carbocycles. The van der Waals surface area contributed by atoms with Gasteiger partial charge in [0.2, 0.25) is 0 Å². The van der Waals surface area contributed by atoms with E-state index >= 15 is 0 Å². The Labute approximate surface area is 163 Å². The van der Waals surface area contributed by atoms with E-state index < -0.39 is 0 Å². The van der Waals surface area contributed by atoms with E-state index in [4.69, 9.17) is 4.74 Å². The SMILES string of the molecule is O=C(Nc1ccnn1Cc1ccccc1)c1ccccc1Oc1ccccc1. The number of carbonyl (C=O) groups excluding carboxylic acids is 1. The third kappa shape index (κ3) is 4.10. The highest BCUT2D eigenvalue weighted by molar-refractivity contribution is 6.05. The number of nitrogens with zero attached hydrogens (tertiary/aromatic N) is 2. The van der Waals surface area contributed by atoms with Gasteiger partial charge in [-0.05, 0) is 29.8 Å². The van der Waals surface area contributed by atoms with Gasteiger partial charge in [-0.25, -0.2) is 4.68 Å². The van der Waals surface area contributed by atoms with Crippen LogP contribution in [0.5, 0.6) is 11.5 Å². The molecular formula is C23H19N3O2. The van der Waals surface area contributed by atoms with E-state index in [9.17, 15) is 4.79 Å². The van der Waals surface area contributed by atoms with Crippen molar-refractivity contribution in [3.8, 4) is 11.5 Å². The zero-order chi connectivity index (χ0) is 19.2. The molecule has 1 N–H and O–H groups in total. The van der Waals surface area contributed by atoms with Gasteiger partial charge in [0.15, 0.2) is 0 Å². The monoisotopic (exact) mass is 369 g/mol. The minimum absolute atomic E-state index is 0.249. The Morgan fingerprint density at radius 1 is 0.857 bits per heavy atom. The van der Waals surface area contributed by atoms with Crippen LogP contribution < -0.4 is 10.1 Å². The molecule has 1 amide bonds. The van der Waals surface area contributed by atoms with Crippen LogP contribution in [-0.4, -0.2) is 15.7 Å². The topological polar surface area (TPSA) is 56.2 Å². The molecule has 0 aliphatic rings. The molecule has 4 rings (SSSR count). The van der Waals surface area contributed by atoms with Gasteiger partial charge in [-0.1, -0.05) is 60.7 Å². The van der Waals surface area contributed by atoms with E-state index in [0.29, 0.717) is 29.4 Å². The Morgan fingerprint density at radius 3 is 2.32 bits per heavy atom. The fraction of sp³-hybridized carbons (Fsp3) is 0.0435. The summed E-state index contributed by atoms with van der Waals surface area (Å²) in [5, 5.41) is 7.25. The molecule has 0 fully saturated rings. The van der Waals surface area contributed by atoms with Crippen LogP contribution in [-0.2, 0) is 6.54 Å². The van der Waals surface area contributed by atoms with Gasteiger partial charge in [-0.3, -0.25) is 4.79 Å². The number of benzene rings is 3. The molecule has 4 aromatic rings. The summed E-state index contributed by atoms with van der Waals surface area (Å²) in [4.78, 5) is 12.9. The maximum atomic E-state index is 12.9. The molecular weight excluding hydrogens is 350 g/mol. The van der Waals surface area contributed by atoms with Crippen LogP contribution in [0.25, 0.3) is 0 Å². The number of carbonyl (C=O) groups is 1. The molecule has 0 spiro atoms. The lowest BCUT2D eigenvalue weighted by Crippen LogP contribution is -2.16. The molecule has 0 radical (unpaired) electrons. The van der Waals surface area contributed by atoms with E-state index in [2.05, 4.69) is 10.4 Å². The van der Waals surface area contributed by atoms with Gasteiger partial charge in [0.25, 0.3) is 5.91 Å². The summed E-state index contributed by atoms with van der Waals surface area (Å²) in [5.74, 6) is 1.56. The van der Waals surface area contributed by atoms with E-state index in [1.54, 1.807) is 29.1 Å². The molecule has 28 heavy (non-hydrogen) atoms. The van der Waals surface area contributed by atoms with E-state index in [1.807, 2.05) is 72.8 Å². The van der Waals surface area contributed by atoms with Crippen molar-refractivity contribution in [1.82, 2.24) is 9.78 Å². The highest BCUT2D eigenvalue weighted by Gasteiger charge is 2.15. The van der Waals surface area contributed by atoms with Crippen molar-refractivity contribution in [2.45, 2.75) is 6.54 Å². The third-order valence-corrected chi connectivity index (χ3v) is 4.24. The fourth-order valence-corrected chi connectivity index (χ4v) is 2.86. The zero-order valence-corrected chi connectivity index (χ0v) is 15.2. The number of aromatic nitrogens is 2. The summed E-state index contributed by atoms with van der Waals surface area (Å²) in [5.41, 5.74) is 1.56. The number of para-hydroxylation sites is 2. The van der Waals surface area contributed by atoms with Crippen LogP contribution in [0.2, 0.25) is 0 Å². The molecule has 5 heteroatoms. The molecule has 1 heterocycles. The number of hydrogen-bond acceptors (Lipinski definition) is 3. The van der Waals surface area contributed by atoms with Crippen LogP contribution in [0.15, 0.2) is 97.2 Å². The molecule has 0 aliphatic heterocycles. The second-order valence-electron chi connectivity index (χ2n) is 6.23.